The average Bonchev–Trinajstić information content (AvgIpc) is 2.85. The third-order valence-electron chi connectivity index (χ3n) is 6.38. The van der Waals surface area contributed by atoms with Crippen LogP contribution in [0.4, 0.5) is 11.6 Å². The predicted molar refractivity (Wildman–Crippen MR) is 130 cm³/mol. The Morgan fingerprint density at radius 3 is 2.53 bits per heavy atom. The standard InChI is InChI=1S/C27H28N4O/c1-31-13-11-21(12-14-31)20-7-9-25(10-8-20)29-27-28-17-24-6-5-23(16-26(24)30-27)22-4-2-3-19(15-22)18-32/h2-10,15-17,21,32H,11-14,18H2,1H3,(H,28,29,30). The molecule has 1 fully saturated rings. The number of piperidine rings is 1. The number of benzene rings is 3. The third-order valence-corrected chi connectivity index (χ3v) is 6.38. The number of rotatable bonds is 5. The van der Waals surface area contributed by atoms with E-state index in [2.05, 4.69) is 58.6 Å². The first-order valence-corrected chi connectivity index (χ1v) is 11.2. The molecule has 0 bridgehead atoms. The van der Waals surface area contributed by atoms with Crippen molar-refractivity contribution in [3.63, 3.8) is 0 Å². The Labute approximate surface area is 188 Å². The normalized spacial score (nSPS) is 15.2. The molecule has 1 aromatic heterocycles. The summed E-state index contributed by atoms with van der Waals surface area (Å²) in [6, 6.07) is 22.8. The molecule has 2 N–H and O–H groups in total. The number of nitrogens with one attached hydrogen (secondary N) is 1. The number of likely N-dealkylation sites (tertiary alicyclic amines) is 1. The summed E-state index contributed by atoms with van der Waals surface area (Å²) in [5, 5.41) is 13.8. The highest BCUT2D eigenvalue weighted by Gasteiger charge is 2.18. The first kappa shape index (κ1) is 20.6. The van der Waals surface area contributed by atoms with Crippen molar-refractivity contribution in [1.82, 2.24) is 14.9 Å². The van der Waals surface area contributed by atoms with Gasteiger partial charge in [-0.1, -0.05) is 42.5 Å². The molecular weight excluding hydrogens is 396 g/mol. The minimum absolute atomic E-state index is 0.0360. The maximum atomic E-state index is 9.43. The molecule has 0 unspecified atom stereocenters. The molecule has 0 amide bonds. The average molecular weight is 425 g/mol. The molecule has 0 atom stereocenters. The Hall–Kier alpha value is -3.28. The number of hydrogen-bond donors (Lipinski definition) is 2. The lowest BCUT2D eigenvalue weighted by atomic mass is 9.89. The van der Waals surface area contributed by atoms with E-state index in [1.54, 1.807) is 0 Å². The Morgan fingerprint density at radius 2 is 1.75 bits per heavy atom. The summed E-state index contributed by atoms with van der Waals surface area (Å²) >= 11 is 0. The lowest BCUT2D eigenvalue weighted by Gasteiger charge is -2.29. The second-order valence-electron chi connectivity index (χ2n) is 8.65. The Morgan fingerprint density at radius 1 is 0.969 bits per heavy atom. The van der Waals surface area contributed by atoms with Gasteiger partial charge in [0.05, 0.1) is 12.1 Å². The van der Waals surface area contributed by atoms with Crippen LogP contribution < -0.4 is 5.32 Å². The van der Waals surface area contributed by atoms with Crippen molar-refractivity contribution in [2.45, 2.75) is 25.4 Å². The third kappa shape index (κ3) is 4.49. The molecule has 5 rings (SSSR count). The van der Waals surface area contributed by atoms with E-state index in [4.69, 9.17) is 4.98 Å². The molecule has 162 valence electrons. The summed E-state index contributed by atoms with van der Waals surface area (Å²) in [6.07, 6.45) is 4.30. The van der Waals surface area contributed by atoms with Crippen LogP contribution in [0.1, 0.15) is 29.9 Å². The number of nitrogens with zero attached hydrogens (tertiary/aromatic N) is 3. The molecule has 1 aliphatic heterocycles. The SMILES string of the molecule is CN1CCC(c2ccc(Nc3ncc4ccc(-c5cccc(CO)c5)cc4n3)cc2)CC1. The molecule has 0 radical (unpaired) electrons. The van der Waals surface area contributed by atoms with Crippen molar-refractivity contribution in [1.29, 1.82) is 0 Å². The molecule has 1 saturated heterocycles. The topological polar surface area (TPSA) is 61.3 Å². The zero-order valence-electron chi connectivity index (χ0n) is 18.3. The fraction of sp³-hybridized carbons (Fsp3) is 0.259. The van der Waals surface area contributed by atoms with Gasteiger partial charge < -0.3 is 15.3 Å². The van der Waals surface area contributed by atoms with Crippen LogP contribution >= 0.6 is 0 Å². The van der Waals surface area contributed by atoms with Crippen LogP contribution in [0, 0.1) is 0 Å². The summed E-state index contributed by atoms with van der Waals surface area (Å²) in [6.45, 7) is 2.37. The van der Waals surface area contributed by atoms with Crippen molar-refractivity contribution in [3.05, 3.63) is 84.1 Å². The summed E-state index contributed by atoms with van der Waals surface area (Å²) in [5.41, 5.74) is 6.33. The highest BCUT2D eigenvalue weighted by atomic mass is 16.3. The van der Waals surface area contributed by atoms with Gasteiger partial charge in [0.2, 0.25) is 5.95 Å². The number of aliphatic hydroxyl groups excluding tert-OH is 1. The van der Waals surface area contributed by atoms with Crippen molar-refractivity contribution in [3.8, 4) is 11.1 Å². The maximum Gasteiger partial charge on any atom is 0.227 e. The van der Waals surface area contributed by atoms with Crippen LogP contribution in [0.15, 0.2) is 72.9 Å². The number of aliphatic hydroxyl groups is 1. The van der Waals surface area contributed by atoms with Gasteiger partial charge in [-0.05, 0) is 85.4 Å². The Kier molecular flexibility index (Phi) is 5.84. The van der Waals surface area contributed by atoms with Gasteiger partial charge in [-0.2, -0.15) is 0 Å². The fourth-order valence-electron chi connectivity index (χ4n) is 4.42. The van der Waals surface area contributed by atoms with E-state index in [0.717, 1.165) is 33.3 Å². The van der Waals surface area contributed by atoms with Gasteiger partial charge in [0.15, 0.2) is 0 Å². The Balaban J connectivity index is 1.35. The molecule has 5 nitrogen and oxygen atoms in total. The molecule has 4 aromatic rings. The number of aromatic nitrogens is 2. The van der Waals surface area contributed by atoms with E-state index in [0.29, 0.717) is 11.9 Å². The largest absolute Gasteiger partial charge is 0.392 e. The molecule has 0 spiro atoms. The highest BCUT2D eigenvalue weighted by molar-refractivity contribution is 5.84. The number of hydrogen-bond acceptors (Lipinski definition) is 5. The first-order valence-electron chi connectivity index (χ1n) is 11.2. The lowest BCUT2D eigenvalue weighted by Crippen LogP contribution is -2.29. The van der Waals surface area contributed by atoms with E-state index in [1.165, 1.54) is 31.5 Å². The summed E-state index contributed by atoms with van der Waals surface area (Å²) < 4.78 is 0. The van der Waals surface area contributed by atoms with Gasteiger partial charge in [-0.15, -0.1) is 0 Å². The van der Waals surface area contributed by atoms with Gasteiger partial charge in [-0.25, -0.2) is 9.97 Å². The van der Waals surface area contributed by atoms with Gasteiger partial charge >= 0.3 is 0 Å². The Bertz CT molecular complexity index is 1210. The van der Waals surface area contributed by atoms with Crippen LogP contribution in [0.5, 0.6) is 0 Å². The molecule has 5 heteroatoms. The van der Waals surface area contributed by atoms with Crippen molar-refractivity contribution in [2.24, 2.45) is 0 Å². The summed E-state index contributed by atoms with van der Waals surface area (Å²) in [7, 11) is 2.20. The second kappa shape index (κ2) is 9.07. The number of anilines is 2. The van der Waals surface area contributed by atoms with E-state index < -0.39 is 0 Å². The zero-order chi connectivity index (χ0) is 21.9. The van der Waals surface area contributed by atoms with Gasteiger partial charge in [0.1, 0.15) is 0 Å². The van der Waals surface area contributed by atoms with Gasteiger partial charge in [0.25, 0.3) is 0 Å². The van der Waals surface area contributed by atoms with Crippen molar-refractivity contribution in [2.75, 3.05) is 25.5 Å². The monoisotopic (exact) mass is 424 g/mol. The van der Waals surface area contributed by atoms with Crippen LogP contribution in [0.25, 0.3) is 22.0 Å². The first-order chi connectivity index (χ1) is 15.7. The quantitative estimate of drug-likeness (QED) is 0.453. The number of fused-ring (bicyclic) bond motifs is 1. The van der Waals surface area contributed by atoms with Gasteiger partial charge in [-0.3, -0.25) is 0 Å². The highest BCUT2D eigenvalue weighted by Crippen LogP contribution is 2.29. The van der Waals surface area contributed by atoms with E-state index in [1.807, 2.05) is 36.5 Å². The molecule has 2 heterocycles. The fourth-order valence-corrected chi connectivity index (χ4v) is 4.42. The summed E-state index contributed by atoms with van der Waals surface area (Å²) in [4.78, 5) is 11.6. The summed E-state index contributed by atoms with van der Waals surface area (Å²) in [5.74, 6) is 1.24. The van der Waals surface area contributed by atoms with Gasteiger partial charge in [0, 0.05) is 17.3 Å². The predicted octanol–water partition coefficient (Wildman–Crippen LogP) is 5.34. The molecule has 3 aromatic carbocycles. The van der Waals surface area contributed by atoms with Crippen LogP contribution in [0.2, 0.25) is 0 Å². The molecular formula is C27H28N4O. The van der Waals surface area contributed by atoms with E-state index >= 15 is 0 Å². The van der Waals surface area contributed by atoms with Crippen molar-refractivity contribution < 1.29 is 5.11 Å². The molecule has 0 aliphatic carbocycles. The molecule has 0 saturated carbocycles. The minimum Gasteiger partial charge on any atom is -0.392 e. The smallest absolute Gasteiger partial charge is 0.227 e. The van der Waals surface area contributed by atoms with E-state index in [-0.39, 0.29) is 6.61 Å². The maximum absolute atomic E-state index is 9.43. The minimum atomic E-state index is 0.0360. The zero-order valence-corrected chi connectivity index (χ0v) is 18.3. The molecule has 1 aliphatic rings. The second-order valence-corrected chi connectivity index (χ2v) is 8.65. The van der Waals surface area contributed by atoms with Crippen LogP contribution in [-0.4, -0.2) is 40.1 Å². The lowest BCUT2D eigenvalue weighted by molar-refractivity contribution is 0.255. The van der Waals surface area contributed by atoms with Crippen LogP contribution in [0.3, 0.4) is 0 Å². The van der Waals surface area contributed by atoms with E-state index in [9.17, 15) is 5.11 Å². The molecule has 32 heavy (non-hydrogen) atoms. The van der Waals surface area contributed by atoms with Crippen LogP contribution in [-0.2, 0) is 6.61 Å². The van der Waals surface area contributed by atoms with Crippen molar-refractivity contribution >= 4 is 22.5 Å².